The molecular formula is C26H29N5O2. The summed E-state index contributed by atoms with van der Waals surface area (Å²) in [5.74, 6) is 0.562. The molecule has 0 unspecified atom stereocenters. The van der Waals surface area contributed by atoms with Crippen molar-refractivity contribution < 1.29 is 9.21 Å². The molecule has 7 heteroatoms. The van der Waals surface area contributed by atoms with Gasteiger partial charge in [-0.3, -0.25) is 9.48 Å². The number of carbonyl (C=O) groups is 1. The molecule has 170 valence electrons. The van der Waals surface area contributed by atoms with Crippen LogP contribution < -0.4 is 4.90 Å². The van der Waals surface area contributed by atoms with Crippen LogP contribution in [-0.2, 0) is 13.6 Å². The summed E-state index contributed by atoms with van der Waals surface area (Å²) in [6.07, 6.45) is 5.44. The summed E-state index contributed by atoms with van der Waals surface area (Å²) in [6.45, 7) is 4.68. The third-order valence-corrected chi connectivity index (χ3v) is 6.40. The Hall–Kier alpha value is -3.61. The lowest BCUT2D eigenvalue weighted by Gasteiger charge is -2.29. The first-order valence-electron chi connectivity index (χ1n) is 11.5. The van der Waals surface area contributed by atoms with Gasteiger partial charge in [0.2, 0.25) is 0 Å². The minimum atomic E-state index is -0.0635. The molecule has 1 fully saturated rings. The van der Waals surface area contributed by atoms with Gasteiger partial charge in [0.1, 0.15) is 5.69 Å². The second-order valence-corrected chi connectivity index (χ2v) is 8.82. The molecule has 7 nitrogen and oxygen atoms in total. The van der Waals surface area contributed by atoms with Gasteiger partial charge in [-0.1, -0.05) is 12.1 Å². The Labute approximate surface area is 193 Å². The summed E-state index contributed by atoms with van der Waals surface area (Å²) < 4.78 is 7.26. The van der Waals surface area contributed by atoms with E-state index in [-0.39, 0.29) is 5.91 Å². The number of fused-ring (bicyclic) bond motifs is 1. The first-order valence-corrected chi connectivity index (χ1v) is 11.5. The normalized spacial score (nSPS) is 14.1. The Kier molecular flexibility index (Phi) is 5.62. The number of benzene rings is 1. The topological polar surface area (TPSA) is 67.4 Å². The second-order valence-electron chi connectivity index (χ2n) is 8.82. The number of rotatable bonds is 5. The van der Waals surface area contributed by atoms with Gasteiger partial charge in [-0.15, -0.1) is 0 Å². The third-order valence-electron chi connectivity index (χ3n) is 6.40. The molecule has 0 N–H and O–H groups in total. The van der Waals surface area contributed by atoms with Crippen LogP contribution in [0.5, 0.6) is 0 Å². The summed E-state index contributed by atoms with van der Waals surface area (Å²) in [5.41, 5.74) is 5.03. The van der Waals surface area contributed by atoms with E-state index >= 15 is 0 Å². The number of nitrogens with zero attached hydrogens (tertiary/aromatic N) is 5. The van der Waals surface area contributed by atoms with Gasteiger partial charge in [0.15, 0.2) is 11.4 Å². The molecule has 0 bridgehead atoms. The van der Waals surface area contributed by atoms with Crippen molar-refractivity contribution >= 4 is 22.6 Å². The van der Waals surface area contributed by atoms with E-state index in [2.05, 4.69) is 34.3 Å². The average Bonchev–Trinajstić information content (AvgIpc) is 3.47. The molecule has 1 aliphatic heterocycles. The lowest BCUT2D eigenvalue weighted by atomic mass is 10.1. The molecule has 0 saturated carbocycles. The lowest BCUT2D eigenvalue weighted by molar-refractivity contribution is 0.0787. The number of aromatic nitrogens is 3. The van der Waals surface area contributed by atoms with E-state index in [1.54, 1.807) is 15.8 Å². The highest BCUT2D eigenvalue weighted by molar-refractivity contribution is 6.07. The van der Waals surface area contributed by atoms with E-state index in [0.717, 1.165) is 29.7 Å². The van der Waals surface area contributed by atoms with E-state index in [4.69, 9.17) is 9.40 Å². The first-order chi connectivity index (χ1) is 16.0. The molecule has 1 saturated heterocycles. The van der Waals surface area contributed by atoms with Crippen molar-refractivity contribution in [3.63, 3.8) is 0 Å². The van der Waals surface area contributed by atoms with Crippen molar-refractivity contribution in [3.8, 4) is 11.5 Å². The average molecular weight is 444 g/mol. The molecule has 1 amide bonds. The van der Waals surface area contributed by atoms with Crippen molar-refractivity contribution in [1.29, 1.82) is 0 Å². The number of furan rings is 1. The highest BCUT2D eigenvalue weighted by Gasteiger charge is 2.22. The number of piperidine rings is 1. The van der Waals surface area contributed by atoms with E-state index in [9.17, 15) is 4.79 Å². The highest BCUT2D eigenvalue weighted by Crippen LogP contribution is 2.28. The molecule has 0 atom stereocenters. The molecule has 1 aromatic carbocycles. The summed E-state index contributed by atoms with van der Waals surface area (Å²) >= 11 is 0. The Morgan fingerprint density at radius 3 is 2.58 bits per heavy atom. The van der Waals surface area contributed by atoms with Gasteiger partial charge in [0.25, 0.3) is 5.91 Å². The summed E-state index contributed by atoms with van der Waals surface area (Å²) in [5, 5.41) is 5.28. The summed E-state index contributed by atoms with van der Waals surface area (Å²) in [4.78, 5) is 22.5. The fourth-order valence-corrected chi connectivity index (χ4v) is 4.68. The van der Waals surface area contributed by atoms with Crippen molar-refractivity contribution in [2.45, 2.75) is 32.7 Å². The molecule has 0 radical (unpaired) electrons. The van der Waals surface area contributed by atoms with E-state index in [1.165, 1.54) is 24.9 Å². The van der Waals surface area contributed by atoms with Crippen LogP contribution in [0.15, 0.2) is 53.1 Å². The summed E-state index contributed by atoms with van der Waals surface area (Å²) in [7, 11) is 3.68. The maximum atomic E-state index is 13.6. The Morgan fingerprint density at radius 2 is 1.88 bits per heavy atom. The van der Waals surface area contributed by atoms with Crippen LogP contribution in [-0.4, -0.2) is 45.7 Å². The molecule has 4 aromatic rings. The third kappa shape index (κ3) is 4.11. The van der Waals surface area contributed by atoms with Crippen molar-refractivity contribution in [2.75, 3.05) is 25.0 Å². The van der Waals surface area contributed by atoms with Crippen LogP contribution in [0.2, 0.25) is 0 Å². The zero-order valence-corrected chi connectivity index (χ0v) is 19.4. The summed E-state index contributed by atoms with van der Waals surface area (Å²) in [6, 6.07) is 14.1. The van der Waals surface area contributed by atoms with Gasteiger partial charge < -0.3 is 14.2 Å². The number of carbonyl (C=O) groups excluding carboxylic acids is 1. The van der Waals surface area contributed by atoms with Gasteiger partial charge in [0, 0.05) is 39.4 Å². The van der Waals surface area contributed by atoms with Crippen LogP contribution in [0.1, 0.15) is 40.9 Å². The number of hydrogen-bond donors (Lipinski definition) is 0. The largest absolute Gasteiger partial charge is 0.463 e. The van der Waals surface area contributed by atoms with Crippen molar-refractivity contribution in [1.82, 2.24) is 19.7 Å². The maximum absolute atomic E-state index is 13.6. The molecule has 4 heterocycles. The predicted octanol–water partition coefficient (Wildman–Crippen LogP) is 4.80. The zero-order valence-electron chi connectivity index (χ0n) is 19.4. The second kappa shape index (κ2) is 8.73. The minimum absolute atomic E-state index is 0.0635. The van der Waals surface area contributed by atoms with Gasteiger partial charge in [-0.05, 0) is 62.1 Å². The van der Waals surface area contributed by atoms with Gasteiger partial charge in [-0.25, -0.2) is 4.98 Å². The monoisotopic (exact) mass is 443 g/mol. The highest BCUT2D eigenvalue weighted by atomic mass is 16.3. The SMILES string of the molecule is Cc1nn(C)c2nc(-c3ccco3)cc(C(=O)N(C)Cc3ccc(N4CCCCC4)cc3)c12. The van der Waals surface area contributed by atoms with Crippen molar-refractivity contribution in [3.05, 3.63) is 65.5 Å². The van der Waals surface area contributed by atoms with Gasteiger partial charge in [-0.2, -0.15) is 5.10 Å². The number of amides is 1. The van der Waals surface area contributed by atoms with Gasteiger partial charge in [0.05, 0.1) is 22.9 Å². The molecule has 0 spiro atoms. The fraction of sp³-hybridized carbons (Fsp3) is 0.346. The quantitative estimate of drug-likeness (QED) is 0.443. The van der Waals surface area contributed by atoms with E-state index in [0.29, 0.717) is 29.2 Å². The number of pyridine rings is 1. The number of hydrogen-bond acceptors (Lipinski definition) is 5. The smallest absolute Gasteiger partial charge is 0.254 e. The molecule has 1 aliphatic rings. The van der Waals surface area contributed by atoms with E-state index < -0.39 is 0 Å². The van der Waals surface area contributed by atoms with Crippen LogP contribution in [0, 0.1) is 6.92 Å². The minimum Gasteiger partial charge on any atom is -0.463 e. The van der Waals surface area contributed by atoms with E-state index in [1.807, 2.05) is 39.2 Å². The van der Waals surface area contributed by atoms with Crippen LogP contribution >= 0.6 is 0 Å². The lowest BCUT2D eigenvalue weighted by Crippen LogP contribution is -2.29. The zero-order chi connectivity index (χ0) is 22.9. The van der Waals surface area contributed by atoms with Crippen LogP contribution in [0.25, 0.3) is 22.5 Å². The molecule has 33 heavy (non-hydrogen) atoms. The first kappa shape index (κ1) is 21.2. The Bertz CT molecular complexity index is 1270. The number of anilines is 1. The predicted molar refractivity (Wildman–Crippen MR) is 129 cm³/mol. The molecule has 0 aliphatic carbocycles. The molecule has 3 aromatic heterocycles. The Morgan fingerprint density at radius 1 is 1.12 bits per heavy atom. The maximum Gasteiger partial charge on any atom is 0.254 e. The van der Waals surface area contributed by atoms with Gasteiger partial charge >= 0.3 is 0 Å². The van der Waals surface area contributed by atoms with Crippen LogP contribution in [0.4, 0.5) is 5.69 Å². The molecular weight excluding hydrogens is 414 g/mol. The molecule has 5 rings (SSSR count). The van der Waals surface area contributed by atoms with Crippen molar-refractivity contribution in [2.24, 2.45) is 7.05 Å². The standard InChI is InChI=1S/C26H29N5O2/c1-18-24-21(16-22(23-8-7-15-33-23)27-25(24)30(3)28-18)26(32)29(2)17-19-9-11-20(12-10-19)31-13-5-4-6-14-31/h7-12,15-16H,4-6,13-14,17H2,1-3H3. The Balaban J connectivity index is 1.42. The fourth-order valence-electron chi connectivity index (χ4n) is 4.68. The van der Waals surface area contributed by atoms with Crippen LogP contribution in [0.3, 0.4) is 0 Å². The number of aryl methyl sites for hydroxylation is 2.